The zero-order chi connectivity index (χ0) is 23.4. The van der Waals surface area contributed by atoms with Gasteiger partial charge in [-0.1, -0.05) is 15.9 Å². The topological polar surface area (TPSA) is 105 Å². The molecule has 33 heavy (non-hydrogen) atoms. The van der Waals surface area contributed by atoms with Gasteiger partial charge in [0.05, 0.1) is 10.6 Å². The van der Waals surface area contributed by atoms with E-state index in [4.69, 9.17) is 4.74 Å². The van der Waals surface area contributed by atoms with E-state index in [1.165, 1.54) is 13.1 Å². The second-order valence-electron chi connectivity index (χ2n) is 7.16. The molecule has 0 radical (unpaired) electrons. The summed E-state index contributed by atoms with van der Waals surface area (Å²) in [7, 11) is 1.44. The summed E-state index contributed by atoms with van der Waals surface area (Å²) in [5.74, 6) is -0.174. The number of thioether (sulfide) groups is 1. The van der Waals surface area contributed by atoms with Crippen LogP contribution >= 0.6 is 27.7 Å². The van der Waals surface area contributed by atoms with Gasteiger partial charge in [0.25, 0.3) is 11.1 Å². The minimum absolute atomic E-state index is 0.0532. The molecule has 2 aromatic heterocycles. The summed E-state index contributed by atoms with van der Waals surface area (Å²) in [5, 5.41) is 13.3. The highest BCUT2D eigenvalue weighted by Crippen LogP contribution is 2.37. The van der Waals surface area contributed by atoms with Crippen LogP contribution in [0.2, 0.25) is 0 Å². The molecule has 0 aliphatic carbocycles. The van der Waals surface area contributed by atoms with E-state index in [0.717, 1.165) is 33.5 Å². The van der Waals surface area contributed by atoms with Gasteiger partial charge in [-0.3, -0.25) is 24.5 Å². The first-order valence-electron chi connectivity index (χ1n) is 9.84. The van der Waals surface area contributed by atoms with Crippen molar-refractivity contribution in [3.63, 3.8) is 0 Å². The SMILES string of the molecule is CN1C(=O)S/C(=C\c2cc(OCc3cncc(NCc4ccncc4)c3)c(O)cc2Br)C1=O. The molecule has 2 N–H and O–H groups in total. The van der Waals surface area contributed by atoms with Crippen molar-refractivity contribution >= 4 is 50.6 Å². The number of amides is 2. The molecule has 2 amide bonds. The molecule has 3 heterocycles. The predicted molar refractivity (Wildman–Crippen MR) is 130 cm³/mol. The smallest absolute Gasteiger partial charge is 0.293 e. The summed E-state index contributed by atoms with van der Waals surface area (Å²) in [6.45, 7) is 0.812. The number of aromatic hydroxyl groups is 1. The summed E-state index contributed by atoms with van der Waals surface area (Å²) in [5.41, 5.74) is 3.35. The largest absolute Gasteiger partial charge is 0.504 e. The third-order valence-electron chi connectivity index (χ3n) is 4.79. The summed E-state index contributed by atoms with van der Waals surface area (Å²) in [6, 6.07) is 8.89. The molecule has 1 fully saturated rings. The van der Waals surface area contributed by atoms with Crippen molar-refractivity contribution in [3.05, 3.63) is 81.2 Å². The third kappa shape index (κ3) is 5.52. The van der Waals surface area contributed by atoms with Crippen LogP contribution in [0, 0.1) is 0 Å². The lowest BCUT2D eigenvalue weighted by Crippen LogP contribution is -2.22. The van der Waals surface area contributed by atoms with Crippen molar-refractivity contribution < 1.29 is 19.4 Å². The number of benzene rings is 1. The first kappa shape index (κ1) is 22.8. The Labute approximate surface area is 202 Å². The van der Waals surface area contributed by atoms with Crippen molar-refractivity contribution in [1.29, 1.82) is 0 Å². The van der Waals surface area contributed by atoms with Crippen LogP contribution in [-0.4, -0.2) is 38.2 Å². The van der Waals surface area contributed by atoms with E-state index >= 15 is 0 Å². The number of nitrogens with one attached hydrogen (secondary N) is 1. The number of hydrogen-bond acceptors (Lipinski definition) is 8. The number of aromatic nitrogens is 2. The molecular weight excluding hydrogens is 508 g/mol. The van der Waals surface area contributed by atoms with Crippen LogP contribution in [0.3, 0.4) is 0 Å². The maximum absolute atomic E-state index is 12.2. The Morgan fingerprint density at radius 3 is 2.67 bits per heavy atom. The number of imide groups is 1. The number of carbonyl (C=O) groups excluding carboxylic acids is 2. The molecule has 0 atom stereocenters. The van der Waals surface area contributed by atoms with Crippen molar-refractivity contribution in [2.75, 3.05) is 12.4 Å². The molecule has 0 unspecified atom stereocenters. The molecule has 1 saturated heterocycles. The fourth-order valence-electron chi connectivity index (χ4n) is 3.00. The van der Waals surface area contributed by atoms with Gasteiger partial charge in [0.15, 0.2) is 11.5 Å². The molecule has 0 bridgehead atoms. The Hall–Kier alpha value is -3.37. The number of pyridine rings is 2. The number of carbonyl (C=O) groups is 2. The molecule has 1 aliphatic rings. The summed E-state index contributed by atoms with van der Waals surface area (Å²) in [4.78, 5) is 33.5. The number of likely N-dealkylation sites (N-methyl/N-ethyl adjacent to an activating group) is 1. The van der Waals surface area contributed by atoms with E-state index in [9.17, 15) is 14.7 Å². The lowest BCUT2D eigenvalue weighted by molar-refractivity contribution is -0.121. The fraction of sp³-hybridized carbons (Fsp3) is 0.130. The molecule has 1 aromatic carbocycles. The molecule has 4 rings (SSSR count). The van der Waals surface area contributed by atoms with Gasteiger partial charge in [-0.05, 0) is 59.3 Å². The molecule has 0 saturated carbocycles. The highest BCUT2D eigenvalue weighted by Gasteiger charge is 2.32. The van der Waals surface area contributed by atoms with Gasteiger partial charge >= 0.3 is 0 Å². The summed E-state index contributed by atoms with van der Waals surface area (Å²) in [6.07, 6.45) is 8.49. The molecule has 1 aliphatic heterocycles. The van der Waals surface area contributed by atoms with E-state index in [1.807, 2.05) is 18.2 Å². The van der Waals surface area contributed by atoms with Gasteiger partial charge in [-0.15, -0.1) is 0 Å². The normalized spacial score (nSPS) is 14.7. The van der Waals surface area contributed by atoms with Gasteiger partial charge in [0.2, 0.25) is 0 Å². The van der Waals surface area contributed by atoms with Crippen LogP contribution in [0.15, 0.2) is 64.5 Å². The average Bonchev–Trinajstić information content (AvgIpc) is 3.06. The number of nitrogens with zero attached hydrogens (tertiary/aromatic N) is 3. The highest BCUT2D eigenvalue weighted by atomic mass is 79.9. The Kier molecular flexibility index (Phi) is 6.95. The second-order valence-corrected chi connectivity index (χ2v) is 9.01. The van der Waals surface area contributed by atoms with Crippen molar-refractivity contribution in [2.24, 2.45) is 0 Å². The maximum Gasteiger partial charge on any atom is 0.293 e. The number of ether oxygens (including phenoxy) is 1. The standard InChI is InChI=1S/C23H19BrN4O4S/c1-28-22(30)21(33-23(28)31)8-16-7-20(19(29)9-18(16)24)32-13-15-6-17(12-26-10-15)27-11-14-2-4-25-5-3-14/h2-10,12,27,29H,11,13H2,1H3/b21-8-. The van der Waals surface area contributed by atoms with E-state index < -0.39 is 0 Å². The number of hydrogen-bond donors (Lipinski definition) is 2. The highest BCUT2D eigenvalue weighted by molar-refractivity contribution is 9.10. The minimum atomic E-state index is -0.366. The zero-order valence-electron chi connectivity index (χ0n) is 17.5. The zero-order valence-corrected chi connectivity index (χ0v) is 19.9. The first-order chi connectivity index (χ1) is 15.9. The van der Waals surface area contributed by atoms with Crippen LogP contribution in [0.1, 0.15) is 16.7 Å². The number of phenolic OH excluding ortho intramolecular Hbond substituents is 1. The predicted octanol–water partition coefficient (Wildman–Crippen LogP) is 4.80. The van der Waals surface area contributed by atoms with E-state index in [0.29, 0.717) is 21.5 Å². The molecular formula is C23H19BrN4O4S. The van der Waals surface area contributed by atoms with Gasteiger partial charge in [-0.25, -0.2) is 0 Å². The monoisotopic (exact) mass is 526 g/mol. The molecule has 10 heteroatoms. The fourth-order valence-corrected chi connectivity index (χ4v) is 4.26. The maximum atomic E-state index is 12.2. The Morgan fingerprint density at radius 1 is 1.15 bits per heavy atom. The van der Waals surface area contributed by atoms with Crippen molar-refractivity contribution in [2.45, 2.75) is 13.2 Å². The van der Waals surface area contributed by atoms with Gasteiger partial charge in [-0.2, -0.15) is 0 Å². The lowest BCUT2D eigenvalue weighted by Gasteiger charge is -2.12. The van der Waals surface area contributed by atoms with E-state index in [1.54, 1.807) is 36.9 Å². The van der Waals surface area contributed by atoms with Gasteiger partial charge < -0.3 is 15.2 Å². The molecule has 8 nitrogen and oxygen atoms in total. The Bertz CT molecular complexity index is 1240. The van der Waals surface area contributed by atoms with Crippen LogP contribution < -0.4 is 10.1 Å². The number of phenols is 1. The minimum Gasteiger partial charge on any atom is -0.504 e. The Balaban J connectivity index is 1.46. The third-order valence-corrected chi connectivity index (χ3v) is 6.43. The average molecular weight is 527 g/mol. The van der Waals surface area contributed by atoms with Gasteiger partial charge in [0, 0.05) is 48.4 Å². The van der Waals surface area contributed by atoms with Gasteiger partial charge in [0.1, 0.15) is 6.61 Å². The number of rotatable bonds is 7. The quantitative estimate of drug-likeness (QED) is 0.423. The van der Waals surface area contributed by atoms with E-state index in [-0.39, 0.29) is 29.3 Å². The van der Waals surface area contributed by atoms with Crippen LogP contribution in [0.4, 0.5) is 10.5 Å². The van der Waals surface area contributed by atoms with E-state index in [2.05, 4.69) is 31.2 Å². The number of halogens is 1. The van der Waals surface area contributed by atoms with Crippen molar-refractivity contribution in [3.8, 4) is 11.5 Å². The second kappa shape index (κ2) is 10.1. The van der Waals surface area contributed by atoms with Crippen LogP contribution in [0.5, 0.6) is 11.5 Å². The Morgan fingerprint density at radius 2 is 1.94 bits per heavy atom. The lowest BCUT2D eigenvalue weighted by atomic mass is 10.2. The molecule has 0 spiro atoms. The van der Waals surface area contributed by atoms with Crippen LogP contribution in [-0.2, 0) is 17.9 Å². The summed E-state index contributed by atoms with van der Waals surface area (Å²) < 4.78 is 6.39. The molecule has 3 aromatic rings. The number of anilines is 1. The van der Waals surface area contributed by atoms with Crippen molar-refractivity contribution in [1.82, 2.24) is 14.9 Å². The summed E-state index contributed by atoms with van der Waals surface area (Å²) >= 11 is 4.25. The molecule has 168 valence electrons. The first-order valence-corrected chi connectivity index (χ1v) is 11.5. The van der Waals surface area contributed by atoms with Crippen LogP contribution in [0.25, 0.3) is 6.08 Å².